The summed E-state index contributed by atoms with van der Waals surface area (Å²) in [6.07, 6.45) is 5.91. The maximum Gasteiger partial charge on any atom is 0.164 e. The summed E-state index contributed by atoms with van der Waals surface area (Å²) in [6, 6.07) is 7.92. The van der Waals surface area contributed by atoms with E-state index >= 15 is 0 Å². The van der Waals surface area contributed by atoms with Crippen molar-refractivity contribution in [3.05, 3.63) is 35.4 Å². The molecule has 0 saturated carbocycles. The Morgan fingerprint density at radius 1 is 1.25 bits per heavy atom. The summed E-state index contributed by atoms with van der Waals surface area (Å²) in [4.78, 5) is 14.8. The minimum Gasteiger partial charge on any atom is -0.303 e. The topological polar surface area (TPSA) is 20.3 Å². The molecule has 0 aromatic heterocycles. The van der Waals surface area contributed by atoms with Crippen molar-refractivity contribution in [3.63, 3.8) is 0 Å². The lowest BCUT2D eigenvalue weighted by Crippen LogP contribution is -2.27. The number of nitrogens with zero attached hydrogens (tertiary/aromatic N) is 1. The van der Waals surface area contributed by atoms with Crippen LogP contribution in [-0.2, 0) is 0 Å². The Balaban J connectivity index is 1.83. The van der Waals surface area contributed by atoms with Gasteiger partial charge in [-0.05, 0) is 50.8 Å². The van der Waals surface area contributed by atoms with Gasteiger partial charge in [0, 0.05) is 18.5 Å². The normalized spacial score (nSPS) is 20.6. The molecular formula is C18H27NO. The Bertz CT molecular complexity index is 441. The van der Waals surface area contributed by atoms with E-state index < -0.39 is 0 Å². The number of Topliss-reactive ketones (excluding diaryl/α,β-unsaturated/α-hetero) is 1. The first kappa shape index (κ1) is 15.2. The summed E-state index contributed by atoms with van der Waals surface area (Å²) >= 11 is 0. The molecule has 2 heteroatoms. The molecule has 1 aliphatic rings. The van der Waals surface area contributed by atoms with Crippen LogP contribution in [0.15, 0.2) is 24.3 Å². The standard InChI is InChI=1S/C18H27NO/c1-3-16-8-6-12-19(13-10-16)14-11-18(20)17-9-5-4-7-15(17)2/h4-5,7,9,16H,3,6,8,10-14H2,1-2H3. The van der Waals surface area contributed by atoms with Crippen molar-refractivity contribution in [2.24, 2.45) is 5.92 Å². The molecule has 0 bridgehead atoms. The molecule has 2 rings (SSSR count). The second kappa shape index (κ2) is 7.58. The van der Waals surface area contributed by atoms with E-state index in [2.05, 4.69) is 11.8 Å². The molecule has 1 aromatic carbocycles. The lowest BCUT2D eigenvalue weighted by atomic mass is 9.98. The van der Waals surface area contributed by atoms with E-state index in [0.29, 0.717) is 12.2 Å². The van der Waals surface area contributed by atoms with Gasteiger partial charge in [-0.25, -0.2) is 0 Å². The van der Waals surface area contributed by atoms with Crippen LogP contribution in [0.3, 0.4) is 0 Å². The maximum absolute atomic E-state index is 12.3. The second-order valence-corrected chi connectivity index (χ2v) is 6.03. The van der Waals surface area contributed by atoms with Gasteiger partial charge in [-0.15, -0.1) is 0 Å². The average molecular weight is 273 g/mol. The molecule has 1 atom stereocenters. The first-order valence-electron chi connectivity index (χ1n) is 8.02. The number of rotatable bonds is 5. The van der Waals surface area contributed by atoms with Crippen LogP contribution in [0, 0.1) is 12.8 Å². The molecule has 0 amide bonds. The minimum atomic E-state index is 0.291. The molecule has 0 aliphatic carbocycles. The third kappa shape index (κ3) is 4.17. The highest BCUT2D eigenvalue weighted by atomic mass is 16.1. The fourth-order valence-electron chi connectivity index (χ4n) is 3.14. The van der Waals surface area contributed by atoms with Gasteiger partial charge in [0.1, 0.15) is 0 Å². The maximum atomic E-state index is 12.3. The molecule has 110 valence electrons. The summed E-state index contributed by atoms with van der Waals surface area (Å²) in [6.45, 7) is 7.56. The van der Waals surface area contributed by atoms with E-state index in [9.17, 15) is 4.79 Å². The largest absolute Gasteiger partial charge is 0.303 e. The molecule has 1 unspecified atom stereocenters. The van der Waals surface area contributed by atoms with Gasteiger partial charge < -0.3 is 4.90 Å². The van der Waals surface area contributed by atoms with Crippen LogP contribution in [0.25, 0.3) is 0 Å². The van der Waals surface area contributed by atoms with Gasteiger partial charge in [-0.3, -0.25) is 4.79 Å². The number of hydrogen-bond donors (Lipinski definition) is 0. The molecule has 0 N–H and O–H groups in total. The van der Waals surface area contributed by atoms with Crippen LogP contribution in [-0.4, -0.2) is 30.3 Å². The highest BCUT2D eigenvalue weighted by Crippen LogP contribution is 2.20. The van der Waals surface area contributed by atoms with Gasteiger partial charge >= 0.3 is 0 Å². The molecular weight excluding hydrogens is 246 g/mol. The fraction of sp³-hybridized carbons (Fsp3) is 0.611. The highest BCUT2D eigenvalue weighted by molar-refractivity contribution is 5.97. The van der Waals surface area contributed by atoms with Crippen LogP contribution < -0.4 is 0 Å². The van der Waals surface area contributed by atoms with Gasteiger partial charge in [0.25, 0.3) is 0 Å². The third-order valence-electron chi connectivity index (χ3n) is 4.62. The molecule has 1 heterocycles. The van der Waals surface area contributed by atoms with Gasteiger partial charge in [-0.1, -0.05) is 37.6 Å². The van der Waals surface area contributed by atoms with Crippen molar-refractivity contribution in [2.75, 3.05) is 19.6 Å². The molecule has 1 aliphatic heterocycles. The Morgan fingerprint density at radius 3 is 2.80 bits per heavy atom. The van der Waals surface area contributed by atoms with E-state index in [1.54, 1.807) is 0 Å². The molecule has 1 aromatic rings. The number of ketones is 1. The van der Waals surface area contributed by atoms with Crippen molar-refractivity contribution < 1.29 is 4.79 Å². The number of likely N-dealkylation sites (tertiary alicyclic amines) is 1. The van der Waals surface area contributed by atoms with Crippen LogP contribution in [0.4, 0.5) is 0 Å². The molecule has 20 heavy (non-hydrogen) atoms. The van der Waals surface area contributed by atoms with Crippen molar-refractivity contribution in [2.45, 2.75) is 46.0 Å². The predicted molar refractivity (Wildman–Crippen MR) is 84.2 cm³/mol. The zero-order chi connectivity index (χ0) is 14.4. The quantitative estimate of drug-likeness (QED) is 0.753. The number of hydrogen-bond acceptors (Lipinski definition) is 2. The minimum absolute atomic E-state index is 0.291. The van der Waals surface area contributed by atoms with E-state index in [4.69, 9.17) is 0 Å². The lowest BCUT2D eigenvalue weighted by Gasteiger charge is -2.19. The van der Waals surface area contributed by atoms with Crippen LogP contribution in [0.5, 0.6) is 0 Å². The first-order valence-corrected chi connectivity index (χ1v) is 8.02. The summed E-state index contributed by atoms with van der Waals surface area (Å²) in [5, 5.41) is 0. The summed E-state index contributed by atoms with van der Waals surface area (Å²) in [5.74, 6) is 1.19. The van der Waals surface area contributed by atoms with Crippen molar-refractivity contribution in [3.8, 4) is 0 Å². The van der Waals surface area contributed by atoms with Crippen molar-refractivity contribution in [1.82, 2.24) is 4.90 Å². The predicted octanol–water partition coefficient (Wildman–Crippen LogP) is 4.08. The molecule has 0 radical (unpaired) electrons. The Labute approximate surface area is 123 Å². The lowest BCUT2D eigenvalue weighted by molar-refractivity contribution is 0.0964. The number of aryl methyl sites for hydroxylation is 1. The molecule has 1 fully saturated rings. The Kier molecular flexibility index (Phi) is 5.78. The van der Waals surface area contributed by atoms with Crippen LogP contribution in [0.2, 0.25) is 0 Å². The fourth-order valence-corrected chi connectivity index (χ4v) is 3.14. The van der Waals surface area contributed by atoms with E-state index in [-0.39, 0.29) is 0 Å². The summed E-state index contributed by atoms with van der Waals surface area (Å²) in [7, 11) is 0. The van der Waals surface area contributed by atoms with Gasteiger partial charge in [0.05, 0.1) is 0 Å². The highest BCUT2D eigenvalue weighted by Gasteiger charge is 2.17. The van der Waals surface area contributed by atoms with Crippen molar-refractivity contribution in [1.29, 1.82) is 0 Å². The first-order chi connectivity index (χ1) is 9.70. The Hall–Kier alpha value is -1.15. The second-order valence-electron chi connectivity index (χ2n) is 6.03. The van der Waals surface area contributed by atoms with Gasteiger partial charge in [0.2, 0.25) is 0 Å². The van der Waals surface area contributed by atoms with E-state index in [0.717, 1.165) is 30.1 Å². The van der Waals surface area contributed by atoms with Crippen LogP contribution in [0.1, 0.15) is 54.9 Å². The van der Waals surface area contributed by atoms with E-state index in [1.165, 1.54) is 32.2 Å². The van der Waals surface area contributed by atoms with E-state index in [1.807, 2.05) is 31.2 Å². The molecule has 1 saturated heterocycles. The third-order valence-corrected chi connectivity index (χ3v) is 4.62. The zero-order valence-corrected chi connectivity index (χ0v) is 12.9. The number of carbonyl (C=O) groups is 1. The summed E-state index contributed by atoms with van der Waals surface area (Å²) in [5.41, 5.74) is 1.99. The molecule has 0 spiro atoms. The zero-order valence-electron chi connectivity index (χ0n) is 12.9. The molecule has 2 nitrogen and oxygen atoms in total. The van der Waals surface area contributed by atoms with Gasteiger partial charge in [-0.2, -0.15) is 0 Å². The average Bonchev–Trinajstić information content (AvgIpc) is 2.70. The smallest absolute Gasteiger partial charge is 0.164 e. The monoisotopic (exact) mass is 273 g/mol. The summed E-state index contributed by atoms with van der Waals surface area (Å²) < 4.78 is 0. The van der Waals surface area contributed by atoms with Crippen LogP contribution >= 0.6 is 0 Å². The van der Waals surface area contributed by atoms with Gasteiger partial charge in [0.15, 0.2) is 5.78 Å². The SMILES string of the molecule is CCC1CCCN(CCC(=O)c2ccccc2C)CC1. The number of benzene rings is 1. The Morgan fingerprint density at radius 2 is 2.05 bits per heavy atom. The number of carbonyl (C=O) groups excluding carboxylic acids is 1. The van der Waals surface area contributed by atoms with Crippen molar-refractivity contribution >= 4 is 5.78 Å².